The quantitative estimate of drug-likeness (QED) is 0.337. The summed E-state index contributed by atoms with van der Waals surface area (Å²) >= 11 is 0. The minimum Gasteiger partial charge on any atom is -0.507 e. The highest BCUT2D eigenvalue weighted by Crippen LogP contribution is 2.47. The second-order valence-corrected chi connectivity index (χ2v) is 7.11. The summed E-state index contributed by atoms with van der Waals surface area (Å²) in [5, 5.41) is 10.7. The molecule has 0 saturated carbocycles. The predicted molar refractivity (Wildman–Crippen MR) is 88.0 cm³/mol. The Hall–Kier alpha value is -1.56. The number of hydrogen-bond acceptors (Lipinski definition) is 7. The van der Waals surface area contributed by atoms with Crippen molar-refractivity contribution in [2.75, 3.05) is 12.0 Å². The molecule has 0 amide bonds. The number of benzene rings is 2. The van der Waals surface area contributed by atoms with Crippen LogP contribution in [-0.2, 0) is 10.1 Å². The Morgan fingerprint density at radius 2 is 1.55 bits per heavy atom. The van der Waals surface area contributed by atoms with Crippen LogP contribution in [0.1, 0.15) is 7.43 Å². The molecule has 2 aromatic carbocycles. The first kappa shape index (κ1) is 20.4. The smallest absolute Gasteiger partial charge is 0.261 e. The number of aromatic hydroxyl groups is 1. The molecule has 0 aromatic heterocycles. The number of rotatable bonds is 1. The van der Waals surface area contributed by atoms with Crippen molar-refractivity contribution in [3.63, 3.8) is 0 Å². The van der Waals surface area contributed by atoms with E-state index >= 15 is 0 Å². The molecule has 0 aliphatic heterocycles. The second kappa shape index (κ2) is 7.13. The van der Waals surface area contributed by atoms with E-state index in [1.165, 1.54) is 6.07 Å². The van der Waals surface area contributed by atoms with E-state index in [-0.39, 0.29) is 18.1 Å². The first-order valence-corrected chi connectivity index (χ1v) is 8.69. The molecule has 0 atom stereocenters. The van der Waals surface area contributed by atoms with E-state index in [1.54, 1.807) is 18.2 Å². The number of phenols is 1. The van der Waals surface area contributed by atoms with Gasteiger partial charge >= 0.3 is 0 Å². The Morgan fingerprint density at radius 3 is 2.00 bits per heavy atom. The van der Waals surface area contributed by atoms with Crippen molar-refractivity contribution in [2.24, 2.45) is 0 Å². The molecule has 0 fully saturated rings. The van der Waals surface area contributed by atoms with Crippen molar-refractivity contribution in [1.82, 2.24) is 0 Å². The third-order valence-electron chi connectivity index (χ3n) is 2.28. The summed E-state index contributed by atoms with van der Waals surface area (Å²) < 4.78 is 53.2. The Balaban J connectivity index is 0.000000644. The van der Waals surface area contributed by atoms with Gasteiger partial charge in [0.1, 0.15) is 16.6 Å². The van der Waals surface area contributed by atoms with Crippen molar-refractivity contribution in [3.8, 4) is 5.75 Å². The maximum absolute atomic E-state index is 9.70. The summed E-state index contributed by atoms with van der Waals surface area (Å²) in [7, 11) is -7.50. The molecule has 2 rings (SSSR count). The maximum Gasteiger partial charge on any atom is 0.261 e. The molecule has 126 valence electrons. The average molecular weight is 353 g/mol. The molecule has 0 aliphatic rings. The fourth-order valence-electron chi connectivity index (χ4n) is 1.56. The van der Waals surface area contributed by atoms with Gasteiger partial charge in [0.05, 0.1) is 11.2 Å². The summed E-state index contributed by atoms with van der Waals surface area (Å²) in [5.41, 5.74) is 6.06. The monoisotopic (exact) mass is 353 g/mol. The van der Waals surface area contributed by atoms with Gasteiger partial charge in [-0.05, 0) is 23.6 Å². The van der Waals surface area contributed by atoms with Gasteiger partial charge in [0.25, 0.3) is 10.1 Å². The van der Waals surface area contributed by atoms with Crippen molar-refractivity contribution < 1.29 is 31.7 Å². The van der Waals surface area contributed by atoms with Gasteiger partial charge in [0.2, 0.25) is 0 Å². The molecule has 2 aromatic rings. The Morgan fingerprint density at radius 1 is 1.05 bits per heavy atom. The van der Waals surface area contributed by atoms with Gasteiger partial charge in [0.15, 0.2) is 0 Å². The number of nitrogens with two attached hydrogens (primary N) is 1. The lowest BCUT2D eigenvalue weighted by atomic mass is 10.1. The molecule has 0 radical (unpaired) electrons. The van der Waals surface area contributed by atoms with E-state index in [0.717, 1.165) is 6.07 Å². The van der Waals surface area contributed by atoms with E-state index < -0.39 is 21.0 Å². The van der Waals surface area contributed by atoms with Gasteiger partial charge in [-0.25, -0.2) is 0 Å². The normalized spacial score (nSPS) is 12.0. The van der Waals surface area contributed by atoms with Crippen LogP contribution in [0.5, 0.6) is 5.75 Å². The van der Waals surface area contributed by atoms with Crippen LogP contribution in [0.15, 0.2) is 35.2 Å². The maximum atomic E-state index is 9.70. The lowest BCUT2D eigenvalue weighted by Gasteiger charge is -2.20. The number of nitrogen functional groups attached to an aromatic ring is 1. The highest BCUT2D eigenvalue weighted by atomic mass is 32.3. The average Bonchev–Trinajstić information content (AvgIpc) is 2.24. The fourth-order valence-corrected chi connectivity index (χ4v) is 2.12. The van der Waals surface area contributed by atoms with Crippen molar-refractivity contribution in [3.05, 3.63) is 30.3 Å². The Bertz CT molecular complexity index is 746. The second-order valence-electron chi connectivity index (χ2n) is 4.14. The summed E-state index contributed by atoms with van der Waals surface area (Å²) in [6.45, 7) is 0. The van der Waals surface area contributed by atoms with Crippen LogP contribution in [0.4, 0.5) is 5.69 Å². The Labute approximate surface area is 130 Å². The molecule has 7 N–H and O–H groups in total. The summed E-state index contributed by atoms with van der Waals surface area (Å²) in [6.07, 6.45) is 0.715. The van der Waals surface area contributed by atoms with Crippen molar-refractivity contribution in [1.29, 1.82) is 0 Å². The van der Waals surface area contributed by atoms with Gasteiger partial charge in [-0.3, -0.25) is 4.55 Å². The van der Waals surface area contributed by atoms with E-state index in [0.29, 0.717) is 22.7 Å². The lowest BCUT2D eigenvalue weighted by molar-refractivity contribution is 0.375. The third kappa shape index (κ3) is 6.05. The van der Waals surface area contributed by atoms with Crippen LogP contribution in [0.2, 0.25) is 0 Å². The van der Waals surface area contributed by atoms with Crippen LogP contribution >= 0.6 is 10.9 Å². The van der Waals surface area contributed by atoms with Gasteiger partial charge in [0, 0.05) is 11.1 Å². The molecular weight excluding hydrogens is 334 g/mol. The van der Waals surface area contributed by atoms with Gasteiger partial charge in [-0.15, -0.1) is 0 Å². The molecule has 0 aliphatic carbocycles. The topological polar surface area (TPSA) is 161 Å². The SMILES string of the molecule is C.CS(=O)(=O)O.Nc1cccc2cc(S(O)(O)O)cc(O)c12. The molecule has 0 spiro atoms. The number of phenolic OH excluding ortho intramolecular Hbond substituents is 1. The van der Waals surface area contributed by atoms with Gasteiger partial charge < -0.3 is 24.5 Å². The van der Waals surface area contributed by atoms with Crippen LogP contribution in [0.25, 0.3) is 10.8 Å². The number of anilines is 1. The molecule has 10 heteroatoms. The number of fused-ring (bicyclic) bond motifs is 1. The zero-order chi connectivity index (χ0) is 16.4. The summed E-state index contributed by atoms with van der Waals surface area (Å²) in [4.78, 5) is -0.136. The highest BCUT2D eigenvalue weighted by Gasteiger charge is 2.18. The van der Waals surface area contributed by atoms with Crippen LogP contribution in [-0.4, -0.2) is 38.0 Å². The molecule has 8 nitrogen and oxygen atoms in total. The fraction of sp³-hybridized carbons (Fsp3) is 0.167. The highest BCUT2D eigenvalue weighted by molar-refractivity contribution is 8.19. The molecule has 0 saturated heterocycles. The van der Waals surface area contributed by atoms with E-state index in [9.17, 15) is 13.5 Å². The van der Waals surface area contributed by atoms with Crippen LogP contribution < -0.4 is 5.73 Å². The lowest BCUT2D eigenvalue weighted by Crippen LogP contribution is -1.96. The van der Waals surface area contributed by atoms with Crippen molar-refractivity contribution >= 4 is 37.4 Å². The largest absolute Gasteiger partial charge is 0.507 e. The summed E-state index contributed by atoms with van der Waals surface area (Å²) in [6, 6.07) is 7.41. The third-order valence-corrected chi connectivity index (χ3v) is 3.15. The van der Waals surface area contributed by atoms with Gasteiger partial charge in [-0.2, -0.15) is 8.42 Å². The standard InChI is InChI=1S/C10H11NO4S.CH4O3S.CH4/c11-8-3-1-2-6-4-7(16(13,14)15)5-9(12)10(6)8;1-5(2,3)4;/h1-5,12-15H,11H2;1H3,(H,2,3,4);1H4. The molecule has 0 heterocycles. The first-order chi connectivity index (χ1) is 9.39. The molecule has 22 heavy (non-hydrogen) atoms. The minimum atomic E-state index is -3.83. The van der Waals surface area contributed by atoms with E-state index in [2.05, 4.69) is 0 Å². The van der Waals surface area contributed by atoms with E-state index in [4.69, 9.17) is 23.9 Å². The van der Waals surface area contributed by atoms with Gasteiger partial charge in [-0.1, -0.05) is 19.6 Å². The van der Waals surface area contributed by atoms with E-state index in [1.807, 2.05) is 0 Å². The predicted octanol–water partition coefficient (Wildman–Crippen LogP) is 2.85. The Kier molecular flexibility index (Phi) is 6.63. The number of hydrogen-bond donors (Lipinski definition) is 6. The molecular formula is C12H19NO7S2. The first-order valence-electron chi connectivity index (χ1n) is 5.34. The minimum absolute atomic E-state index is 0. The van der Waals surface area contributed by atoms with Crippen LogP contribution in [0.3, 0.4) is 0 Å². The zero-order valence-corrected chi connectivity index (χ0v) is 12.5. The summed E-state index contributed by atoms with van der Waals surface area (Å²) in [5.74, 6) is -0.195. The van der Waals surface area contributed by atoms with Crippen molar-refractivity contribution in [2.45, 2.75) is 12.3 Å². The van der Waals surface area contributed by atoms with Crippen LogP contribution in [0, 0.1) is 0 Å². The molecule has 0 bridgehead atoms. The zero-order valence-electron chi connectivity index (χ0n) is 10.8. The molecule has 0 unspecified atom stereocenters.